The van der Waals surface area contributed by atoms with Crippen molar-refractivity contribution in [3.8, 4) is 0 Å². The smallest absolute Gasteiger partial charge is 0.0487 e. The minimum Gasteiger partial charge on any atom is -0.396 e. The van der Waals surface area contributed by atoms with E-state index in [-0.39, 0.29) is 0 Å². The van der Waals surface area contributed by atoms with Crippen LogP contribution in [-0.4, -0.2) is 11.7 Å². The van der Waals surface area contributed by atoms with Crippen LogP contribution in [0.1, 0.15) is 57.8 Å². The summed E-state index contributed by atoms with van der Waals surface area (Å²) in [6, 6.07) is 0. The largest absolute Gasteiger partial charge is 0.396 e. The van der Waals surface area contributed by atoms with Gasteiger partial charge in [0.15, 0.2) is 0 Å². The molecule has 0 heterocycles. The first-order valence-corrected chi connectivity index (χ1v) is 5.96. The van der Waals surface area contributed by atoms with Crippen molar-refractivity contribution in [1.82, 2.24) is 0 Å². The fourth-order valence-electron chi connectivity index (χ4n) is 2.78. The SMILES string of the molecule is OCC1(CC2CCCCCC2)CC1. The summed E-state index contributed by atoms with van der Waals surface area (Å²) in [4.78, 5) is 0. The molecular formula is C12H22O. The van der Waals surface area contributed by atoms with E-state index in [0.717, 1.165) is 5.92 Å². The molecule has 0 aromatic rings. The molecule has 0 amide bonds. The van der Waals surface area contributed by atoms with Gasteiger partial charge in [0.25, 0.3) is 0 Å². The van der Waals surface area contributed by atoms with Crippen LogP contribution in [0, 0.1) is 11.3 Å². The van der Waals surface area contributed by atoms with E-state index in [2.05, 4.69) is 0 Å². The summed E-state index contributed by atoms with van der Waals surface area (Å²) in [6.45, 7) is 0.448. The lowest BCUT2D eigenvalue weighted by atomic mass is 9.87. The second kappa shape index (κ2) is 4.00. The summed E-state index contributed by atoms with van der Waals surface area (Å²) < 4.78 is 0. The van der Waals surface area contributed by atoms with E-state index in [1.807, 2.05) is 0 Å². The number of rotatable bonds is 3. The van der Waals surface area contributed by atoms with Gasteiger partial charge in [0.05, 0.1) is 0 Å². The van der Waals surface area contributed by atoms with Gasteiger partial charge < -0.3 is 5.11 Å². The zero-order valence-electron chi connectivity index (χ0n) is 8.60. The van der Waals surface area contributed by atoms with Crippen molar-refractivity contribution in [2.45, 2.75) is 57.8 Å². The van der Waals surface area contributed by atoms with Crippen LogP contribution in [-0.2, 0) is 0 Å². The second-order valence-corrected chi connectivity index (χ2v) is 5.22. The van der Waals surface area contributed by atoms with E-state index in [4.69, 9.17) is 0 Å². The fourth-order valence-corrected chi connectivity index (χ4v) is 2.78. The van der Waals surface area contributed by atoms with Gasteiger partial charge in [0, 0.05) is 6.61 Å². The van der Waals surface area contributed by atoms with Crippen LogP contribution in [0.5, 0.6) is 0 Å². The number of aliphatic hydroxyl groups excluding tert-OH is 1. The molecule has 2 rings (SSSR count). The van der Waals surface area contributed by atoms with Crippen LogP contribution in [0.4, 0.5) is 0 Å². The molecule has 0 unspecified atom stereocenters. The number of aliphatic hydroxyl groups is 1. The molecule has 2 aliphatic carbocycles. The second-order valence-electron chi connectivity index (χ2n) is 5.22. The molecule has 1 nitrogen and oxygen atoms in total. The Balaban J connectivity index is 1.79. The van der Waals surface area contributed by atoms with Gasteiger partial charge in [-0.3, -0.25) is 0 Å². The third kappa shape index (κ3) is 2.46. The molecule has 2 aliphatic rings. The van der Waals surface area contributed by atoms with Crippen LogP contribution in [0.3, 0.4) is 0 Å². The fraction of sp³-hybridized carbons (Fsp3) is 1.00. The zero-order valence-corrected chi connectivity index (χ0v) is 8.60. The molecule has 0 spiro atoms. The Morgan fingerprint density at radius 2 is 1.62 bits per heavy atom. The minimum atomic E-state index is 0.398. The van der Waals surface area contributed by atoms with Crippen molar-refractivity contribution in [2.75, 3.05) is 6.61 Å². The Kier molecular flexibility index (Phi) is 2.92. The van der Waals surface area contributed by atoms with E-state index in [9.17, 15) is 5.11 Å². The van der Waals surface area contributed by atoms with Gasteiger partial charge in [-0.15, -0.1) is 0 Å². The van der Waals surface area contributed by atoms with Crippen molar-refractivity contribution in [1.29, 1.82) is 0 Å². The van der Waals surface area contributed by atoms with Crippen molar-refractivity contribution >= 4 is 0 Å². The highest BCUT2D eigenvalue weighted by atomic mass is 16.3. The molecule has 0 radical (unpaired) electrons. The van der Waals surface area contributed by atoms with Crippen LogP contribution in [0.15, 0.2) is 0 Å². The van der Waals surface area contributed by atoms with Crippen molar-refractivity contribution in [3.63, 3.8) is 0 Å². The summed E-state index contributed by atoms with van der Waals surface area (Å²) in [5, 5.41) is 9.26. The normalized spacial score (nSPS) is 28.4. The molecule has 1 N–H and O–H groups in total. The molecule has 0 bridgehead atoms. The third-order valence-electron chi connectivity index (χ3n) is 3.99. The predicted octanol–water partition coefficient (Wildman–Crippen LogP) is 3.12. The summed E-state index contributed by atoms with van der Waals surface area (Å²) in [5.74, 6) is 0.942. The van der Waals surface area contributed by atoms with Crippen molar-refractivity contribution in [2.24, 2.45) is 11.3 Å². The summed E-state index contributed by atoms with van der Waals surface area (Å²) in [7, 11) is 0. The maximum absolute atomic E-state index is 9.26. The van der Waals surface area contributed by atoms with Crippen LogP contribution in [0.25, 0.3) is 0 Å². The van der Waals surface area contributed by atoms with E-state index in [0.29, 0.717) is 12.0 Å². The molecule has 2 saturated carbocycles. The molecular weight excluding hydrogens is 160 g/mol. The van der Waals surface area contributed by atoms with Gasteiger partial charge in [-0.05, 0) is 30.6 Å². The van der Waals surface area contributed by atoms with Gasteiger partial charge in [-0.25, -0.2) is 0 Å². The molecule has 0 aromatic heterocycles. The maximum Gasteiger partial charge on any atom is 0.0487 e. The Morgan fingerprint density at radius 1 is 1.00 bits per heavy atom. The molecule has 0 atom stereocenters. The minimum absolute atomic E-state index is 0.398. The van der Waals surface area contributed by atoms with Crippen LogP contribution >= 0.6 is 0 Å². The molecule has 0 aromatic carbocycles. The lowest BCUT2D eigenvalue weighted by Gasteiger charge is -2.19. The number of hydrogen-bond acceptors (Lipinski definition) is 1. The first-order chi connectivity index (χ1) is 6.35. The van der Waals surface area contributed by atoms with Gasteiger partial charge in [0.2, 0.25) is 0 Å². The maximum atomic E-state index is 9.26. The van der Waals surface area contributed by atoms with Gasteiger partial charge >= 0.3 is 0 Å². The monoisotopic (exact) mass is 182 g/mol. The Hall–Kier alpha value is -0.0400. The average Bonchev–Trinajstić information content (AvgIpc) is 2.92. The average molecular weight is 182 g/mol. The number of hydrogen-bond donors (Lipinski definition) is 1. The molecule has 0 aliphatic heterocycles. The highest BCUT2D eigenvalue weighted by Crippen LogP contribution is 2.51. The quantitative estimate of drug-likeness (QED) is 0.665. The first kappa shape index (κ1) is 9.51. The summed E-state index contributed by atoms with van der Waals surface area (Å²) in [6.07, 6.45) is 12.5. The Morgan fingerprint density at radius 3 is 2.08 bits per heavy atom. The summed E-state index contributed by atoms with van der Waals surface area (Å²) >= 11 is 0. The highest BCUT2D eigenvalue weighted by molar-refractivity contribution is 4.94. The van der Waals surface area contributed by atoms with E-state index >= 15 is 0 Å². The predicted molar refractivity (Wildman–Crippen MR) is 54.6 cm³/mol. The Labute approximate surface area is 81.5 Å². The van der Waals surface area contributed by atoms with E-state index in [1.54, 1.807) is 0 Å². The third-order valence-corrected chi connectivity index (χ3v) is 3.99. The molecule has 13 heavy (non-hydrogen) atoms. The van der Waals surface area contributed by atoms with Crippen LogP contribution < -0.4 is 0 Å². The Bertz CT molecular complexity index is 153. The van der Waals surface area contributed by atoms with Gasteiger partial charge in [0.1, 0.15) is 0 Å². The van der Waals surface area contributed by atoms with Crippen LogP contribution in [0.2, 0.25) is 0 Å². The summed E-state index contributed by atoms with van der Waals surface area (Å²) in [5.41, 5.74) is 0.398. The lowest BCUT2D eigenvalue weighted by Crippen LogP contribution is -2.13. The zero-order chi connectivity index (χ0) is 9.15. The standard InChI is InChI=1S/C12H22O/c13-10-12(7-8-12)9-11-5-3-1-2-4-6-11/h11,13H,1-10H2. The molecule has 1 heteroatoms. The lowest BCUT2D eigenvalue weighted by molar-refractivity contribution is 0.178. The van der Waals surface area contributed by atoms with Crippen molar-refractivity contribution in [3.05, 3.63) is 0 Å². The van der Waals surface area contributed by atoms with Gasteiger partial charge in [-0.1, -0.05) is 38.5 Å². The highest BCUT2D eigenvalue weighted by Gasteiger charge is 2.43. The van der Waals surface area contributed by atoms with E-state index < -0.39 is 0 Å². The first-order valence-electron chi connectivity index (χ1n) is 5.96. The van der Waals surface area contributed by atoms with Gasteiger partial charge in [-0.2, -0.15) is 0 Å². The molecule has 0 saturated heterocycles. The molecule has 76 valence electrons. The van der Waals surface area contributed by atoms with Crippen molar-refractivity contribution < 1.29 is 5.11 Å². The topological polar surface area (TPSA) is 20.2 Å². The van der Waals surface area contributed by atoms with E-state index in [1.165, 1.54) is 57.8 Å². The molecule has 2 fully saturated rings.